The van der Waals surface area contributed by atoms with E-state index in [-0.39, 0.29) is 12.0 Å². The number of hydrogen-bond donors (Lipinski definition) is 2. The minimum absolute atomic E-state index is 0.00822. The highest BCUT2D eigenvalue weighted by Gasteiger charge is 2.20. The molecule has 2 N–H and O–H groups in total. The van der Waals surface area contributed by atoms with Gasteiger partial charge in [-0.05, 0) is 19.1 Å². The van der Waals surface area contributed by atoms with E-state index in [0.717, 1.165) is 19.6 Å². The van der Waals surface area contributed by atoms with Crippen molar-refractivity contribution in [3.05, 3.63) is 41.2 Å². The summed E-state index contributed by atoms with van der Waals surface area (Å²) in [6.45, 7) is 4.59. The fourth-order valence-corrected chi connectivity index (χ4v) is 2.49. The van der Waals surface area contributed by atoms with Gasteiger partial charge in [0.2, 0.25) is 5.95 Å². The molecule has 1 atom stereocenters. The van der Waals surface area contributed by atoms with E-state index in [1.807, 2.05) is 0 Å². The van der Waals surface area contributed by atoms with Gasteiger partial charge in [0.1, 0.15) is 17.5 Å². The monoisotopic (exact) mass is 293 g/mol. The van der Waals surface area contributed by atoms with Crippen LogP contribution < -0.4 is 10.2 Å². The fraction of sp³-hybridized carbons (Fsp3) is 0.429. The number of H-pyrrole nitrogens is 1. The van der Waals surface area contributed by atoms with Crippen LogP contribution in [-0.2, 0) is 6.42 Å². The zero-order valence-corrected chi connectivity index (χ0v) is 11.7. The van der Waals surface area contributed by atoms with Crippen LogP contribution >= 0.6 is 0 Å². The highest BCUT2D eigenvalue weighted by molar-refractivity contribution is 5.31. The van der Waals surface area contributed by atoms with Crippen molar-refractivity contribution in [1.82, 2.24) is 20.5 Å². The van der Waals surface area contributed by atoms with E-state index in [2.05, 4.69) is 32.3 Å². The molecule has 21 heavy (non-hydrogen) atoms. The van der Waals surface area contributed by atoms with E-state index in [4.69, 9.17) is 0 Å². The van der Waals surface area contributed by atoms with Gasteiger partial charge in [-0.25, -0.2) is 8.78 Å². The van der Waals surface area contributed by atoms with E-state index in [0.29, 0.717) is 17.8 Å². The Balaban J connectivity index is 1.76. The summed E-state index contributed by atoms with van der Waals surface area (Å²) in [5.74, 6) is -0.0947. The molecule has 1 aliphatic rings. The van der Waals surface area contributed by atoms with Gasteiger partial charge >= 0.3 is 0 Å². The fourth-order valence-electron chi connectivity index (χ4n) is 2.49. The summed E-state index contributed by atoms with van der Waals surface area (Å²) in [5.41, 5.74) is 0.00822. The van der Waals surface area contributed by atoms with Crippen LogP contribution in [0.3, 0.4) is 0 Å². The van der Waals surface area contributed by atoms with Gasteiger partial charge in [-0.2, -0.15) is 4.98 Å². The van der Waals surface area contributed by atoms with E-state index < -0.39 is 11.6 Å². The van der Waals surface area contributed by atoms with Crippen molar-refractivity contribution in [1.29, 1.82) is 0 Å². The Morgan fingerprint density at radius 3 is 2.81 bits per heavy atom. The molecular weight excluding hydrogens is 276 g/mol. The van der Waals surface area contributed by atoms with Gasteiger partial charge in [-0.15, -0.1) is 5.10 Å². The molecule has 0 radical (unpaired) electrons. The second-order valence-electron chi connectivity index (χ2n) is 5.26. The number of nitrogens with one attached hydrogen (secondary N) is 2. The van der Waals surface area contributed by atoms with Crippen molar-refractivity contribution < 1.29 is 8.78 Å². The molecule has 112 valence electrons. The van der Waals surface area contributed by atoms with Crippen LogP contribution in [0.1, 0.15) is 18.3 Å². The number of nitrogens with zero attached hydrogens (tertiary/aromatic N) is 3. The van der Waals surface area contributed by atoms with Crippen molar-refractivity contribution in [3.63, 3.8) is 0 Å². The van der Waals surface area contributed by atoms with Crippen LogP contribution in [0.4, 0.5) is 14.7 Å². The highest BCUT2D eigenvalue weighted by atomic mass is 19.1. The molecule has 1 unspecified atom stereocenters. The molecule has 2 aromatic rings. The Labute approximate surface area is 121 Å². The largest absolute Gasteiger partial charge is 0.337 e. The Kier molecular flexibility index (Phi) is 3.83. The van der Waals surface area contributed by atoms with E-state index in [1.165, 1.54) is 18.2 Å². The molecule has 3 rings (SSSR count). The number of halogens is 2. The third kappa shape index (κ3) is 3.02. The van der Waals surface area contributed by atoms with Crippen LogP contribution in [0.15, 0.2) is 18.2 Å². The summed E-state index contributed by atoms with van der Waals surface area (Å²) in [4.78, 5) is 6.40. The van der Waals surface area contributed by atoms with Gasteiger partial charge in [0.25, 0.3) is 0 Å². The third-order valence-corrected chi connectivity index (χ3v) is 3.58. The first-order chi connectivity index (χ1) is 10.1. The van der Waals surface area contributed by atoms with Gasteiger partial charge in [-0.3, -0.25) is 5.10 Å². The van der Waals surface area contributed by atoms with Gasteiger partial charge in [-0.1, -0.05) is 6.07 Å². The predicted octanol–water partition coefficient (Wildman–Crippen LogP) is 1.47. The maximum absolute atomic E-state index is 13.6. The lowest BCUT2D eigenvalue weighted by atomic mass is 10.1. The molecule has 5 nitrogen and oxygen atoms in total. The minimum Gasteiger partial charge on any atom is -0.337 e. The third-order valence-electron chi connectivity index (χ3n) is 3.58. The summed E-state index contributed by atoms with van der Waals surface area (Å²) < 4.78 is 27.3. The zero-order chi connectivity index (χ0) is 14.8. The first-order valence-corrected chi connectivity index (χ1v) is 6.96. The smallest absolute Gasteiger partial charge is 0.244 e. The first-order valence-electron chi connectivity index (χ1n) is 6.96. The summed E-state index contributed by atoms with van der Waals surface area (Å²) in [6, 6.07) is 4.20. The molecule has 1 fully saturated rings. The average Bonchev–Trinajstić information content (AvgIpc) is 2.92. The first kappa shape index (κ1) is 13.9. The number of rotatable bonds is 3. The standard InChI is InChI=1S/C14H17F2N5/c1-9-8-21(6-5-17-9)14-18-13(19-20-14)7-10-11(15)3-2-4-12(10)16/h2-4,9,17H,5-8H2,1H3,(H,18,19,20). The second-order valence-corrected chi connectivity index (χ2v) is 5.26. The second kappa shape index (κ2) is 5.77. The van der Waals surface area contributed by atoms with Crippen molar-refractivity contribution in [3.8, 4) is 0 Å². The number of piperazine rings is 1. The Morgan fingerprint density at radius 2 is 2.10 bits per heavy atom. The molecule has 0 spiro atoms. The topological polar surface area (TPSA) is 56.8 Å². The lowest BCUT2D eigenvalue weighted by Crippen LogP contribution is -2.49. The Morgan fingerprint density at radius 1 is 1.33 bits per heavy atom. The van der Waals surface area contributed by atoms with Gasteiger partial charge < -0.3 is 10.2 Å². The van der Waals surface area contributed by atoms with Crippen LogP contribution in [0, 0.1) is 11.6 Å². The molecule has 1 aromatic carbocycles. The van der Waals surface area contributed by atoms with Crippen LogP contribution in [0.2, 0.25) is 0 Å². The number of anilines is 1. The molecule has 0 amide bonds. The van der Waals surface area contributed by atoms with Crippen LogP contribution in [-0.4, -0.2) is 40.9 Å². The normalized spacial score (nSPS) is 19.0. The van der Waals surface area contributed by atoms with Crippen LogP contribution in [0.5, 0.6) is 0 Å². The maximum atomic E-state index is 13.6. The summed E-state index contributed by atoms with van der Waals surface area (Å²) in [7, 11) is 0. The summed E-state index contributed by atoms with van der Waals surface area (Å²) in [5, 5.41) is 10.2. The molecule has 1 aromatic heterocycles. The summed E-state index contributed by atoms with van der Waals surface area (Å²) in [6.07, 6.45) is 0.0626. The van der Waals surface area contributed by atoms with E-state index >= 15 is 0 Å². The number of benzene rings is 1. The molecule has 0 saturated carbocycles. The average molecular weight is 293 g/mol. The lowest BCUT2D eigenvalue weighted by Gasteiger charge is -2.30. The molecule has 0 aliphatic carbocycles. The summed E-state index contributed by atoms with van der Waals surface area (Å²) >= 11 is 0. The SMILES string of the molecule is CC1CN(c2n[nH]c(Cc3c(F)cccc3F)n2)CCN1. The van der Waals surface area contributed by atoms with Crippen LogP contribution in [0.25, 0.3) is 0 Å². The van der Waals surface area contributed by atoms with E-state index in [1.54, 1.807) is 0 Å². The van der Waals surface area contributed by atoms with Gasteiger partial charge in [0.15, 0.2) is 0 Å². The van der Waals surface area contributed by atoms with Crippen molar-refractivity contribution in [2.24, 2.45) is 0 Å². The van der Waals surface area contributed by atoms with Gasteiger partial charge in [0, 0.05) is 37.7 Å². The Hall–Kier alpha value is -2.02. The number of aromatic amines is 1. The number of hydrogen-bond acceptors (Lipinski definition) is 4. The van der Waals surface area contributed by atoms with Crippen molar-refractivity contribution in [2.75, 3.05) is 24.5 Å². The quantitative estimate of drug-likeness (QED) is 0.900. The molecule has 1 saturated heterocycles. The number of aromatic nitrogens is 3. The minimum atomic E-state index is -0.566. The van der Waals surface area contributed by atoms with E-state index in [9.17, 15) is 8.78 Å². The predicted molar refractivity (Wildman–Crippen MR) is 75.2 cm³/mol. The molecular formula is C14H17F2N5. The molecule has 2 heterocycles. The van der Waals surface area contributed by atoms with Crippen molar-refractivity contribution >= 4 is 5.95 Å². The molecule has 0 bridgehead atoms. The van der Waals surface area contributed by atoms with Crippen molar-refractivity contribution in [2.45, 2.75) is 19.4 Å². The molecule has 7 heteroatoms. The molecule has 1 aliphatic heterocycles. The Bertz CT molecular complexity index is 607. The highest BCUT2D eigenvalue weighted by Crippen LogP contribution is 2.17. The lowest BCUT2D eigenvalue weighted by molar-refractivity contribution is 0.479. The van der Waals surface area contributed by atoms with Gasteiger partial charge in [0.05, 0.1) is 0 Å². The zero-order valence-electron chi connectivity index (χ0n) is 11.7. The maximum Gasteiger partial charge on any atom is 0.244 e.